The molecule has 2 aromatic carbocycles. The first-order valence-electron chi connectivity index (χ1n) is 7.65. The summed E-state index contributed by atoms with van der Waals surface area (Å²) in [5.41, 5.74) is 3.25. The number of para-hydroxylation sites is 1. The van der Waals surface area contributed by atoms with E-state index >= 15 is 0 Å². The lowest BCUT2D eigenvalue weighted by molar-refractivity contribution is -0.111. The third-order valence-corrected chi connectivity index (χ3v) is 3.76. The maximum Gasteiger partial charge on any atom is 0.417 e. The Morgan fingerprint density at radius 3 is 2.96 bits per heavy atom. The molecule has 0 spiro atoms. The second kappa shape index (κ2) is 6.09. The van der Waals surface area contributed by atoms with E-state index in [0.717, 1.165) is 16.5 Å². The number of hydrogen-bond donors (Lipinski definition) is 2. The number of nitrogens with one attached hydrogen (secondary N) is 2. The molecule has 0 fully saturated rings. The summed E-state index contributed by atoms with van der Waals surface area (Å²) < 4.78 is 4.93. The summed E-state index contributed by atoms with van der Waals surface area (Å²) in [6.45, 7) is 0. The molecule has 4 aromatic rings. The van der Waals surface area contributed by atoms with E-state index in [2.05, 4.69) is 15.3 Å². The highest BCUT2D eigenvalue weighted by molar-refractivity contribution is 6.03. The summed E-state index contributed by atoms with van der Waals surface area (Å²) >= 11 is 0. The van der Waals surface area contributed by atoms with Crippen molar-refractivity contribution in [2.75, 3.05) is 5.32 Å². The van der Waals surface area contributed by atoms with Crippen molar-refractivity contribution in [3.8, 4) is 0 Å². The molecule has 0 atom stereocenters. The van der Waals surface area contributed by atoms with Gasteiger partial charge in [0.25, 0.3) is 0 Å². The van der Waals surface area contributed by atoms with Crippen LogP contribution in [-0.4, -0.2) is 15.9 Å². The summed E-state index contributed by atoms with van der Waals surface area (Å²) in [7, 11) is 0. The van der Waals surface area contributed by atoms with E-state index in [-0.39, 0.29) is 5.91 Å². The standard InChI is InChI=1S/C19H13N3O3/c23-17(21-14-7-8-16-15(11-14)22-19(24)25-16)9-6-13-4-1-3-12-5-2-10-20-18(12)13/h1-11H,(H,21,23)(H,22,24)/b9-6+. The highest BCUT2D eigenvalue weighted by Gasteiger charge is 2.04. The van der Waals surface area contributed by atoms with E-state index in [0.29, 0.717) is 16.8 Å². The zero-order valence-electron chi connectivity index (χ0n) is 13.0. The summed E-state index contributed by atoms with van der Waals surface area (Å²) in [5.74, 6) is -0.806. The summed E-state index contributed by atoms with van der Waals surface area (Å²) in [6.07, 6.45) is 4.90. The molecule has 2 heterocycles. The molecule has 2 N–H and O–H groups in total. The van der Waals surface area contributed by atoms with Gasteiger partial charge in [0.2, 0.25) is 5.91 Å². The fourth-order valence-corrected chi connectivity index (χ4v) is 2.64. The Hall–Kier alpha value is -3.67. The Kier molecular flexibility index (Phi) is 3.63. The molecular weight excluding hydrogens is 318 g/mol. The van der Waals surface area contributed by atoms with Crippen LogP contribution in [0.3, 0.4) is 0 Å². The van der Waals surface area contributed by atoms with Crippen molar-refractivity contribution in [2.45, 2.75) is 0 Å². The molecule has 0 bridgehead atoms. The Balaban J connectivity index is 1.56. The number of fused-ring (bicyclic) bond motifs is 2. The van der Waals surface area contributed by atoms with E-state index in [9.17, 15) is 9.59 Å². The van der Waals surface area contributed by atoms with Crippen molar-refractivity contribution in [3.05, 3.63) is 76.9 Å². The molecule has 0 saturated carbocycles. The van der Waals surface area contributed by atoms with Crippen molar-refractivity contribution < 1.29 is 9.21 Å². The van der Waals surface area contributed by atoms with Gasteiger partial charge >= 0.3 is 5.76 Å². The largest absolute Gasteiger partial charge is 0.417 e. The maximum absolute atomic E-state index is 12.1. The molecule has 2 aromatic heterocycles. The number of carbonyl (C=O) groups excluding carboxylic acids is 1. The Morgan fingerprint density at radius 2 is 2.04 bits per heavy atom. The normalized spacial score (nSPS) is 11.4. The molecule has 6 heteroatoms. The molecule has 122 valence electrons. The van der Waals surface area contributed by atoms with Crippen LogP contribution in [0.25, 0.3) is 28.1 Å². The number of aromatic nitrogens is 2. The minimum absolute atomic E-state index is 0.280. The minimum Gasteiger partial charge on any atom is -0.408 e. The van der Waals surface area contributed by atoms with Gasteiger partial charge in [-0.3, -0.25) is 14.8 Å². The number of anilines is 1. The lowest BCUT2D eigenvalue weighted by atomic mass is 10.1. The lowest BCUT2D eigenvalue weighted by Gasteiger charge is -2.02. The zero-order valence-corrected chi connectivity index (χ0v) is 13.0. The predicted octanol–water partition coefficient (Wildman–Crippen LogP) is 3.32. The average Bonchev–Trinajstić information content (AvgIpc) is 2.99. The van der Waals surface area contributed by atoms with Crippen LogP contribution in [0.2, 0.25) is 0 Å². The van der Waals surface area contributed by atoms with Gasteiger partial charge in [-0.1, -0.05) is 24.3 Å². The van der Waals surface area contributed by atoms with E-state index in [1.54, 1.807) is 30.5 Å². The molecule has 0 unspecified atom stereocenters. The molecule has 4 rings (SSSR count). The first-order chi connectivity index (χ1) is 12.2. The van der Waals surface area contributed by atoms with Crippen molar-refractivity contribution >= 4 is 39.7 Å². The van der Waals surface area contributed by atoms with Gasteiger partial charge in [-0.2, -0.15) is 0 Å². The fourth-order valence-electron chi connectivity index (χ4n) is 2.64. The van der Waals surface area contributed by atoms with Gasteiger partial charge in [-0.25, -0.2) is 4.79 Å². The smallest absolute Gasteiger partial charge is 0.408 e. The number of aromatic amines is 1. The van der Waals surface area contributed by atoms with Crippen LogP contribution >= 0.6 is 0 Å². The molecule has 0 aliphatic rings. The molecule has 25 heavy (non-hydrogen) atoms. The van der Waals surface area contributed by atoms with Crippen LogP contribution in [-0.2, 0) is 4.79 Å². The van der Waals surface area contributed by atoms with Gasteiger partial charge in [0.15, 0.2) is 5.58 Å². The van der Waals surface area contributed by atoms with Gasteiger partial charge in [0.05, 0.1) is 11.0 Å². The molecular formula is C19H13N3O3. The van der Waals surface area contributed by atoms with E-state index in [1.165, 1.54) is 6.08 Å². The van der Waals surface area contributed by atoms with Crippen molar-refractivity contribution in [1.82, 2.24) is 9.97 Å². The number of benzene rings is 2. The summed E-state index contributed by atoms with van der Waals surface area (Å²) in [6, 6.07) is 14.6. The summed E-state index contributed by atoms with van der Waals surface area (Å²) in [4.78, 5) is 30.2. The Labute approximate surface area is 141 Å². The summed E-state index contributed by atoms with van der Waals surface area (Å²) in [5, 5.41) is 3.77. The molecule has 0 aliphatic carbocycles. The van der Waals surface area contributed by atoms with Crippen molar-refractivity contribution in [2.24, 2.45) is 0 Å². The van der Waals surface area contributed by atoms with Crippen molar-refractivity contribution in [3.63, 3.8) is 0 Å². The Morgan fingerprint density at radius 1 is 1.16 bits per heavy atom. The van der Waals surface area contributed by atoms with Crippen LogP contribution in [0.1, 0.15) is 5.56 Å². The monoisotopic (exact) mass is 331 g/mol. The zero-order chi connectivity index (χ0) is 17.2. The number of hydrogen-bond acceptors (Lipinski definition) is 4. The minimum atomic E-state index is -0.526. The highest BCUT2D eigenvalue weighted by atomic mass is 16.4. The number of oxazole rings is 1. The molecule has 6 nitrogen and oxygen atoms in total. The van der Waals surface area contributed by atoms with Crippen LogP contribution < -0.4 is 11.1 Å². The molecule has 0 aliphatic heterocycles. The number of carbonyl (C=O) groups is 1. The number of nitrogens with zero attached hydrogens (tertiary/aromatic N) is 1. The van der Waals surface area contributed by atoms with E-state index in [1.807, 2.05) is 30.3 Å². The van der Waals surface area contributed by atoms with Gasteiger partial charge < -0.3 is 9.73 Å². The number of amides is 1. The third-order valence-electron chi connectivity index (χ3n) is 3.76. The fraction of sp³-hybridized carbons (Fsp3) is 0. The maximum atomic E-state index is 12.1. The number of H-pyrrole nitrogens is 1. The quantitative estimate of drug-likeness (QED) is 0.564. The topological polar surface area (TPSA) is 88.0 Å². The average molecular weight is 331 g/mol. The van der Waals surface area contributed by atoms with Gasteiger partial charge in [-0.05, 0) is 30.3 Å². The lowest BCUT2D eigenvalue weighted by Crippen LogP contribution is -2.07. The van der Waals surface area contributed by atoms with E-state index < -0.39 is 5.76 Å². The van der Waals surface area contributed by atoms with Crippen LogP contribution in [0.4, 0.5) is 5.69 Å². The van der Waals surface area contributed by atoms with Crippen LogP contribution in [0, 0.1) is 0 Å². The molecule has 1 amide bonds. The second-order valence-corrected chi connectivity index (χ2v) is 5.47. The van der Waals surface area contributed by atoms with Gasteiger partial charge in [-0.15, -0.1) is 0 Å². The predicted molar refractivity (Wildman–Crippen MR) is 96.2 cm³/mol. The van der Waals surface area contributed by atoms with Gasteiger partial charge in [0, 0.05) is 28.9 Å². The van der Waals surface area contributed by atoms with Crippen LogP contribution in [0.15, 0.2) is 70.0 Å². The Bertz CT molecular complexity index is 1170. The first kappa shape index (κ1) is 14.9. The second-order valence-electron chi connectivity index (χ2n) is 5.47. The SMILES string of the molecule is O=C(/C=C/c1cccc2cccnc12)Nc1ccc2oc(=O)[nH]c2c1. The van der Waals surface area contributed by atoms with Crippen molar-refractivity contribution in [1.29, 1.82) is 0 Å². The van der Waals surface area contributed by atoms with Crippen LogP contribution in [0.5, 0.6) is 0 Å². The van der Waals surface area contributed by atoms with E-state index in [4.69, 9.17) is 4.42 Å². The third kappa shape index (κ3) is 3.05. The number of pyridine rings is 1. The number of rotatable bonds is 3. The molecule has 0 radical (unpaired) electrons. The highest BCUT2D eigenvalue weighted by Crippen LogP contribution is 2.18. The molecule has 0 saturated heterocycles. The van der Waals surface area contributed by atoms with Gasteiger partial charge in [0.1, 0.15) is 0 Å². The first-order valence-corrected chi connectivity index (χ1v) is 7.65.